The lowest BCUT2D eigenvalue weighted by Gasteiger charge is -2.11. The Labute approximate surface area is 240 Å². The summed E-state index contributed by atoms with van der Waals surface area (Å²) in [4.78, 5) is 22.9. The molecule has 0 spiro atoms. The molecule has 0 atom stereocenters. The van der Waals surface area contributed by atoms with Crippen molar-refractivity contribution in [3.63, 3.8) is 0 Å². The molecule has 214 valence electrons. The summed E-state index contributed by atoms with van der Waals surface area (Å²) in [7, 11) is -4.34. The van der Waals surface area contributed by atoms with E-state index in [9.17, 15) is 13.2 Å². The minimum absolute atomic E-state index is 0.0776. The van der Waals surface area contributed by atoms with Crippen LogP contribution in [0.2, 0.25) is 0 Å². The standard InChI is InChI=1S/C30H38N4O4S2/c1-7-9-14-38-30(35)40(36,37)33-29-25(17-24(39-29)15-19(3)4)23-12-10-22(11-13-23)18-34-26(8-2)32-27-20(5)16-21(6)31-28(27)34/h10-13,16-17,19,33H,7-9,14-15,18H2,1-6H3. The number of rotatable bonds is 11. The van der Waals surface area contributed by atoms with Crippen LogP contribution in [-0.2, 0) is 34.1 Å². The molecule has 10 heteroatoms. The second-order valence-corrected chi connectivity index (χ2v) is 13.2. The van der Waals surface area contributed by atoms with Gasteiger partial charge in [0.05, 0.1) is 13.2 Å². The average molecular weight is 583 g/mol. The zero-order valence-corrected chi connectivity index (χ0v) is 25.7. The molecule has 3 aromatic heterocycles. The Hall–Kier alpha value is -3.24. The van der Waals surface area contributed by atoms with Crippen LogP contribution >= 0.6 is 11.3 Å². The molecule has 0 saturated heterocycles. The Balaban J connectivity index is 1.63. The van der Waals surface area contributed by atoms with E-state index in [1.807, 2.05) is 44.2 Å². The van der Waals surface area contributed by atoms with Crippen LogP contribution in [-0.4, -0.2) is 34.9 Å². The van der Waals surface area contributed by atoms with Gasteiger partial charge in [-0.3, -0.25) is 4.72 Å². The first kappa shape index (κ1) is 29.7. The third kappa shape index (κ3) is 6.72. The maximum absolute atomic E-state index is 12.8. The number of fused-ring (bicyclic) bond motifs is 1. The summed E-state index contributed by atoms with van der Waals surface area (Å²) in [5.41, 5.74) is 6.58. The number of sulfonamides is 1. The van der Waals surface area contributed by atoms with Crippen molar-refractivity contribution >= 4 is 42.8 Å². The molecule has 1 aromatic carbocycles. The number of imidazole rings is 1. The molecule has 0 aliphatic carbocycles. The first-order valence-electron chi connectivity index (χ1n) is 13.8. The lowest BCUT2D eigenvalue weighted by Crippen LogP contribution is -2.24. The molecule has 8 nitrogen and oxygen atoms in total. The van der Waals surface area contributed by atoms with Gasteiger partial charge in [0, 0.05) is 22.6 Å². The van der Waals surface area contributed by atoms with Crippen molar-refractivity contribution in [1.82, 2.24) is 14.5 Å². The molecule has 0 aliphatic rings. The molecule has 0 saturated carbocycles. The topological polar surface area (TPSA) is 103 Å². The van der Waals surface area contributed by atoms with Crippen LogP contribution in [0.25, 0.3) is 22.3 Å². The summed E-state index contributed by atoms with van der Waals surface area (Å²) in [6.45, 7) is 13.0. The zero-order valence-electron chi connectivity index (χ0n) is 24.1. The second kappa shape index (κ2) is 12.5. The molecular formula is C30H38N4O4S2. The van der Waals surface area contributed by atoms with E-state index in [1.165, 1.54) is 11.3 Å². The molecule has 0 fully saturated rings. The number of unbranched alkanes of at least 4 members (excludes halogenated alkanes) is 1. The van der Waals surface area contributed by atoms with Gasteiger partial charge in [-0.2, -0.15) is 8.42 Å². The predicted molar refractivity (Wildman–Crippen MR) is 163 cm³/mol. The third-order valence-electron chi connectivity index (χ3n) is 6.58. The van der Waals surface area contributed by atoms with Gasteiger partial charge in [-0.05, 0) is 61.4 Å². The van der Waals surface area contributed by atoms with Crippen molar-refractivity contribution in [3.8, 4) is 11.1 Å². The van der Waals surface area contributed by atoms with E-state index in [4.69, 9.17) is 14.7 Å². The van der Waals surface area contributed by atoms with Crippen LogP contribution in [0.15, 0.2) is 36.4 Å². The van der Waals surface area contributed by atoms with E-state index in [0.717, 1.165) is 69.1 Å². The molecular weight excluding hydrogens is 544 g/mol. The fourth-order valence-electron chi connectivity index (χ4n) is 4.63. The van der Waals surface area contributed by atoms with Crippen molar-refractivity contribution < 1.29 is 17.9 Å². The van der Waals surface area contributed by atoms with Crippen molar-refractivity contribution in [2.45, 2.75) is 73.8 Å². The van der Waals surface area contributed by atoms with E-state index < -0.39 is 15.3 Å². The molecule has 1 N–H and O–H groups in total. The lowest BCUT2D eigenvalue weighted by molar-refractivity contribution is 0.170. The first-order valence-corrected chi connectivity index (χ1v) is 16.1. The average Bonchev–Trinajstić information content (AvgIpc) is 3.44. The number of hydrogen-bond donors (Lipinski definition) is 1. The van der Waals surface area contributed by atoms with Crippen LogP contribution in [0.1, 0.15) is 68.1 Å². The largest absolute Gasteiger partial charge is 0.453 e. The summed E-state index contributed by atoms with van der Waals surface area (Å²) in [6, 6.07) is 12.1. The smallest absolute Gasteiger partial charge is 0.445 e. The second-order valence-electron chi connectivity index (χ2n) is 10.5. The molecule has 40 heavy (non-hydrogen) atoms. The maximum atomic E-state index is 12.8. The van der Waals surface area contributed by atoms with Gasteiger partial charge >= 0.3 is 15.3 Å². The molecule has 4 rings (SSSR count). The van der Waals surface area contributed by atoms with Gasteiger partial charge in [0.15, 0.2) is 5.65 Å². The quantitative estimate of drug-likeness (QED) is 0.147. The Morgan fingerprint density at radius 1 is 1.10 bits per heavy atom. The van der Waals surface area contributed by atoms with Gasteiger partial charge in [-0.15, -0.1) is 11.3 Å². The molecule has 0 amide bonds. The Morgan fingerprint density at radius 2 is 1.82 bits per heavy atom. The summed E-state index contributed by atoms with van der Waals surface area (Å²) in [5, 5.41) is -0.834. The van der Waals surface area contributed by atoms with Crippen molar-refractivity contribution in [2.24, 2.45) is 5.92 Å². The Bertz CT molecular complexity index is 1600. The van der Waals surface area contributed by atoms with Gasteiger partial charge < -0.3 is 9.30 Å². The highest BCUT2D eigenvalue weighted by Crippen LogP contribution is 2.38. The number of benzene rings is 1. The van der Waals surface area contributed by atoms with Gasteiger partial charge in [-0.1, -0.05) is 58.4 Å². The van der Waals surface area contributed by atoms with E-state index in [-0.39, 0.29) is 6.61 Å². The molecule has 0 radical (unpaired) electrons. The fraction of sp³-hybridized carbons (Fsp3) is 0.433. The van der Waals surface area contributed by atoms with Crippen molar-refractivity contribution in [3.05, 3.63) is 63.9 Å². The van der Waals surface area contributed by atoms with E-state index in [2.05, 4.69) is 43.1 Å². The number of carbonyl (C=O) groups is 1. The van der Waals surface area contributed by atoms with Crippen LogP contribution < -0.4 is 4.72 Å². The lowest BCUT2D eigenvalue weighted by atomic mass is 10.0. The number of anilines is 1. The number of nitrogens with one attached hydrogen (secondary N) is 1. The third-order valence-corrected chi connectivity index (χ3v) is 8.81. The number of aromatic nitrogens is 3. The minimum atomic E-state index is -4.34. The molecule has 0 aliphatic heterocycles. The van der Waals surface area contributed by atoms with E-state index in [1.54, 1.807) is 0 Å². The number of aryl methyl sites for hydroxylation is 3. The Morgan fingerprint density at radius 3 is 2.48 bits per heavy atom. The van der Waals surface area contributed by atoms with Crippen molar-refractivity contribution in [1.29, 1.82) is 0 Å². The van der Waals surface area contributed by atoms with Crippen LogP contribution in [0.3, 0.4) is 0 Å². The predicted octanol–water partition coefficient (Wildman–Crippen LogP) is 7.26. The summed E-state index contributed by atoms with van der Waals surface area (Å²) in [5.74, 6) is 1.38. The maximum Gasteiger partial charge on any atom is 0.445 e. The van der Waals surface area contributed by atoms with Crippen LogP contribution in [0.4, 0.5) is 9.80 Å². The number of thiophene rings is 1. The highest BCUT2D eigenvalue weighted by Gasteiger charge is 2.27. The monoisotopic (exact) mass is 582 g/mol. The number of hydrogen-bond acceptors (Lipinski definition) is 7. The SMILES string of the molecule is CCCCOC(=O)S(=O)(=O)Nc1sc(CC(C)C)cc1-c1ccc(Cn2c(CC)nc3c(C)cc(C)nc32)cc1. The van der Waals surface area contributed by atoms with Gasteiger partial charge in [0.25, 0.3) is 0 Å². The van der Waals surface area contributed by atoms with Gasteiger partial charge in [0.2, 0.25) is 0 Å². The highest BCUT2D eigenvalue weighted by atomic mass is 32.2. The van der Waals surface area contributed by atoms with Crippen LogP contribution in [0.5, 0.6) is 0 Å². The zero-order chi connectivity index (χ0) is 29.0. The molecule has 0 bridgehead atoms. The highest BCUT2D eigenvalue weighted by molar-refractivity contribution is 8.07. The number of carbonyl (C=O) groups excluding carboxylic acids is 1. The Kier molecular flexibility index (Phi) is 9.30. The van der Waals surface area contributed by atoms with Crippen molar-refractivity contribution in [2.75, 3.05) is 11.3 Å². The molecule has 3 heterocycles. The first-order chi connectivity index (χ1) is 19.0. The van der Waals surface area contributed by atoms with Crippen LogP contribution in [0, 0.1) is 19.8 Å². The summed E-state index contributed by atoms with van der Waals surface area (Å²) in [6.07, 6.45) is 3.01. The molecule has 0 unspecified atom stereocenters. The van der Waals surface area contributed by atoms with E-state index in [0.29, 0.717) is 23.9 Å². The molecule has 4 aromatic rings. The van der Waals surface area contributed by atoms with Gasteiger partial charge in [-0.25, -0.2) is 14.8 Å². The minimum Gasteiger partial charge on any atom is -0.453 e. The van der Waals surface area contributed by atoms with E-state index >= 15 is 0 Å². The summed E-state index contributed by atoms with van der Waals surface area (Å²) < 4.78 is 35.2. The fourth-order valence-corrected chi connectivity index (χ4v) is 6.95. The number of ether oxygens (including phenoxy) is 1. The normalized spacial score (nSPS) is 11.9. The number of nitrogens with zero attached hydrogens (tertiary/aromatic N) is 3. The number of pyridine rings is 1. The van der Waals surface area contributed by atoms with Gasteiger partial charge in [0.1, 0.15) is 16.3 Å². The summed E-state index contributed by atoms with van der Waals surface area (Å²) >= 11 is 1.35.